The summed E-state index contributed by atoms with van der Waals surface area (Å²) >= 11 is 0. The fourth-order valence-corrected chi connectivity index (χ4v) is 3.40. The largest absolute Gasteiger partial charge is 0.459 e. The van der Waals surface area contributed by atoms with Crippen molar-refractivity contribution in [3.63, 3.8) is 0 Å². The van der Waals surface area contributed by atoms with E-state index >= 15 is 0 Å². The molecule has 0 radical (unpaired) electrons. The van der Waals surface area contributed by atoms with Crippen LogP contribution in [-0.2, 0) is 9.53 Å². The Morgan fingerprint density at radius 3 is 2.48 bits per heavy atom. The summed E-state index contributed by atoms with van der Waals surface area (Å²) in [4.78, 5) is 36.7. The van der Waals surface area contributed by atoms with Gasteiger partial charge in [-0.1, -0.05) is 19.8 Å². The number of rotatable bonds is 6. The van der Waals surface area contributed by atoms with Crippen LogP contribution in [0.3, 0.4) is 0 Å². The molecule has 2 aromatic rings. The second-order valence-electron chi connectivity index (χ2n) is 7.43. The fraction of sp³-hybridized carbons (Fsp3) is 0.409. The first-order valence-electron chi connectivity index (χ1n) is 9.90. The third-order valence-electron chi connectivity index (χ3n) is 5.22. The van der Waals surface area contributed by atoms with Gasteiger partial charge in [0.25, 0.3) is 11.8 Å². The van der Waals surface area contributed by atoms with Gasteiger partial charge in [0, 0.05) is 11.7 Å². The van der Waals surface area contributed by atoms with Gasteiger partial charge in [-0.3, -0.25) is 9.59 Å². The van der Waals surface area contributed by atoms with Crippen LogP contribution in [0.25, 0.3) is 0 Å². The van der Waals surface area contributed by atoms with Gasteiger partial charge >= 0.3 is 5.97 Å². The number of esters is 1. The van der Waals surface area contributed by atoms with Gasteiger partial charge in [0.05, 0.1) is 11.8 Å². The molecule has 0 saturated heterocycles. The van der Waals surface area contributed by atoms with Crippen molar-refractivity contribution in [3.8, 4) is 0 Å². The second-order valence-corrected chi connectivity index (χ2v) is 7.43. The summed E-state index contributed by atoms with van der Waals surface area (Å²) in [7, 11) is 0. The van der Waals surface area contributed by atoms with Crippen LogP contribution in [0.2, 0.25) is 0 Å². The van der Waals surface area contributed by atoms with Gasteiger partial charge in [0.15, 0.2) is 11.9 Å². The lowest BCUT2D eigenvalue weighted by atomic mass is 9.86. The molecule has 0 unspecified atom stereocenters. The number of hydrogen-bond acceptors (Lipinski definition) is 5. The van der Waals surface area contributed by atoms with E-state index in [9.17, 15) is 14.4 Å². The van der Waals surface area contributed by atoms with Crippen molar-refractivity contribution in [3.05, 3.63) is 54.0 Å². The van der Waals surface area contributed by atoms with E-state index < -0.39 is 12.1 Å². The molecule has 154 valence electrons. The maximum atomic E-state index is 12.4. The molecular weight excluding hydrogens is 372 g/mol. The van der Waals surface area contributed by atoms with E-state index in [0.717, 1.165) is 19.3 Å². The number of hydrogen-bond donors (Lipinski definition) is 2. The Morgan fingerprint density at radius 1 is 1.10 bits per heavy atom. The standard InChI is InChI=1S/C22H26N2O5/c1-14-6-3-4-7-18(14)24-20(25)15(2)29-22(27)16-9-11-17(12-10-16)23-21(26)19-8-5-13-28-19/h5,8-15,18H,3-4,6-7H2,1-2H3,(H,23,26)(H,24,25)/t14-,15+,18-/m0/s1. The van der Waals surface area contributed by atoms with Crippen LogP contribution < -0.4 is 10.6 Å². The highest BCUT2D eigenvalue weighted by molar-refractivity contribution is 6.02. The minimum absolute atomic E-state index is 0.134. The van der Waals surface area contributed by atoms with E-state index in [-0.39, 0.29) is 23.6 Å². The molecule has 1 aromatic carbocycles. The summed E-state index contributed by atoms with van der Waals surface area (Å²) in [6, 6.07) is 9.57. The van der Waals surface area contributed by atoms with E-state index in [2.05, 4.69) is 17.6 Å². The van der Waals surface area contributed by atoms with Gasteiger partial charge < -0.3 is 19.8 Å². The molecule has 3 rings (SSSR count). The Labute approximate surface area is 169 Å². The Hall–Kier alpha value is -3.09. The molecular formula is C22H26N2O5. The number of amides is 2. The summed E-state index contributed by atoms with van der Waals surface area (Å²) in [5, 5.41) is 5.67. The van der Waals surface area contributed by atoms with E-state index in [0.29, 0.717) is 17.2 Å². The maximum absolute atomic E-state index is 12.4. The van der Waals surface area contributed by atoms with Crippen molar-refractivity contribution in [1.29, 1.82) is 0 Å². The molecule has 1 saturated carbocycles. The molecule has 0 spiro atoms. The van der Waals surface area contributed by atoms with E-state index in [1.54, 1.807) is 31.2 Å². The van der Waals surface area contributed by atoms with Gasteiger partial charge in [-0.2, -0.15) is 0 Å². The van der Waals surface area contributed by atoms with Gasteiger partial charge in [-0.15, -0.1) is 0 Å². The van der Waals surface area contributed by atoms with Gasteiger partial charge in [-0.05, 0) is 62.1 Å². The van der Waals surface area contributed by atoms with Crippen LogP contribution in [0, 0.1) is 5.92 Å². The van der Waals surface area contributed by atoms with Crippen molar-refractivity contribution in [2.75, 3.05) is 5.32 Å². The van der Waals surface area contributed by atoms with Crippen LogP contribution in [0.5, 0.6) is 0 Å². The monoisotopic (exact) mass is 398 g/mol. The maximum Gasteiger partial charge on any atom is 0.338 e. The molecule has 3 atom stereocenters. The quantitative estimate of drug-likeness (QED) is 0.722. The third-order valence-corrected chi connectivity index (χ3v) is 5.22. The molecule has 2 amide bonds. The molecule has 7 heteroatoms. The molecule has 7 nitrogen and oxygen atoms in total. The first-order chi connectivity index (χ1) is 13.9. The van der Waals surface area contributed by atoms with Crippen molar-refractivity contribution in [2.24, 2.45) is 5.92 Å². The lowest BCUT2D eigenvalue weighted by Crippen LogP contribution is -2.45. The van der Waals surface area contributed by atoms with Gasteiger partial charge in [0.1, 0.15) is 0 Å². The second kappa shape index (κ2) is 9.41. The van der Waals surface area contributed by atoms with Gasteiger partial charge in [-0.25, -0.2) is 4.79 Å². The highest BCUT2D eigenvalue weighted by Gasteiger charge is 2.26. The SMILES string of the molecule is C[C@@H](OC(=O)c1ccc(NC(=O)c2ccco2)cc1)C(=O)N[C@H]1CCCC[C@@H]1C. The molecule has 1 fully saturated rings. The predicted octanol–water partition coefficient (Wildman–Crippen LogP) is 3.77. The summed E-state index contributed by atoms with van der Waals surface area (Å²) in [5.74, 6) is -0.625. The highest BCUT2D eigenvalue weighted by atomic mass is 16.5. The first-order valence-corrected chi connectivity index (χ1v) is 9.90. The lowest BCUT2D eigenvalue weighted by molar-refractivity contribution is -0.130. The summed E-state index contributed by atoms with van der Waals surface area (Å²) in [5.41, 5.74) is 0.812. The number of anilines is 1. The average Bonchev–Trinajstić information content (AvgIpc) is 3.25. The van der Waals surface area contributed by atoms with Crippen molar-refractivity contribution in [2.45, 2.75) is 51.7 Å². The Bertz CT molecular complexity index is 845. The zero-order chi connectivity index (χ0) is 20.8. The summed E-state index contributed by atoms with van der Waals surface area (Å²) < 4.78 is 10.3. The number of furan rings is 1. The normalized spacial score (nSPS) is 19.8. The zero-order valence-electron chi connectivity index (χ0n) is 16.6. The molecule has 0 bridgehead atoms. The molecule has 1 aromatic heterocycles. The summed E-state index contributed by atoms with van der Waals surface area (Å²) in [6.45, 7) is 3.70. The molecule has 2 N–H and O–H groups in total. The van der Waals surface area contributed by atoms with Crippen LogP contribution in [0.1, 0.15) is 60.4 Å². The summed E-state index contributed by atoms with van der Waals surface area (Å²) in [6.07, 6.45) is 4.89. The Balaban J connectivity index is 1.51. The third kappa shape index (κ3) is 5.47. The minimum Gasteiger partial charge on any atom is -0.459 e. The van der Waals surface area contributed by atoms with Crippen LogP contribution in [-0.4, -0.2) is 29.9 Å². The predicted molar refractivity (Wildman–Crippen MR) is 108 cm³/mol. The van der Waals surface area contributed by atoms with Crippen LogP contribution >= 0.6 is 0 Å². The molecule has 1 aliphatic rings. The number of nitrogens with one attached hydrogen (secondary N) is 2. The number of carbonyl (C=O) groups is 3. The molecule has 29 heavy (non-hydrogen) atoms. The molecule has 0 aliphatic heterocycles. The van der Waals surface area contributed by atoms with E-state index in [4.69, 9.17) is 9.15 Å². The van der Waals surface area contributed by atoms with E-state index in [1.807, 2.05) is 0 Å². The van der Waals surface area contributed by atoms with Crippen molar-refractivity contribution < 1.29 is 23.5 Å². The van der Waals surface area contributed by atoms with Crippen molar-refractivity contribution in [1.82, 2.24) is 5.32 Å². The number of ether oxygens (including phenoxy) is 1. The Morgan fingerprint density at radius 2 is 1.83 bits per heavy atom. The van der Waals surface area contributed by atoms with Crippen LogP contribution in [0.15, 0.2) is 47.1 Å². The average molecular weight is 398 g/mol. The van der Waals surface area contributed by atoms with Crippen molar-refractivity contribution >= 4 is 23.5 Å². The fourth-order valence-electron chi connectivity index (χ4n) is 3.40. The zero-order valence-corrected chi connectivity index (χ0v) is 16.6. The van der Waals surface area contributed by atoms with Gasteiger partial charge in [0.2, 0.25) is 0 Å². The molecule has 1 heterocycles. The lowest BCUT2D eigenvalue weighted by Gasteiger charge is -2.30. The van der Waals surface area contributed by atoms with E-state index in [1.165, 1.54) is 24.8 Å². The first kappa shape index (κ1) is 20.6. The highest BCUT2D eigenvalue weighted by Crippen LogP contribution is 2.24. The number of carbonyl (C=O) groups excluding carboxylic acids is 3. The van der Waals surface area contributed by atoms with Crippen LogP contribution in [0.4, 0.5) is 5.69 Å². The smallest absolute Gasteiger partial charge is 0.338 e. The molecule has 1 aliphatic carbocycles. The number of benzene rings is 1. The topological polar surface area (TPSA) is 97.6 Å². The Kier molecular flexibility index (Phi) is 6.69. The minimum atomic E-state index is -0.880.